The number of ether oxygens (including phenoxy) is 1. The van der Waals surface area contributed by atoms with Crippen molar-refractivity contribution < 1.29 is 14.1 Å². The van der Waals surface area contributed by atoms with E-state index in [-0.39, 0.29) is 12.5 Å². The molecule has 2 aromatic heterocycles. The van der Waals surface area contributed by atoms with Crippen LogP contribution in [0.5, 0.6) is 5.75 Å². The Morgan fingerprint density at radius 3 is 3.22 bits per heavy atom. The smallest absolute Gasteiger partial charge is 0.264 e. The van der Waals surface area contributed by atoms with E-state index in [1.165, 1.54) is 0 Å². The maximum atomic E-state index is 11.6. The first kappa shape index (κ1) is 13.5. The van der Waals surface area contributed by atoms with E-state index in [0.29, 0.717) is 36.1 Å². The van der Waals surface area contributed by atoms with Crippen molar-refractivity contribution >= 4 is 5.91 Å². The summed E-state index contributed by atoms with van der Waals surface area (Å²) in [5, 5.41) is 6.68. The van der Waals surface area contributed by atoms with Crippen LogP contribution in [0.3, 0.4) is 0 Å². The highest BCUT2D eigenvalue weighted by atomic mass is 16.5. The Morgan fingerprint density at radius 1 is 1.39 bits per heavy atom. The molecule has 4 rings (SSSR count). The first-order valence-electron chi connectivity index (χ1n) is 7.10. The van der Waals surface area contributed by atoms with Crippen molar-refractivity contribution in [3.05, 3.63) is 59.8 Å². The molecular weight excluding hydrogens is 298 g/mol. The molecule has 116 valence electrons. The fraction of sp³-hybridized carbons (Fsp3) is 0.200. The lowest BCUT2D eigenvalue weighted by Gasteiger charge is -2.07. The minimum atomic E-state index is -0.0779. The highest BCUT2D eigenvalue weighted by Gasteiger charge is 2.22. The van der Waals surface area contributed by atoms with Crippen molar-refractivity contribution in [2.45, 2.75) is 19.7 Å². The van der Waals surface area contributed by atoms with Crippen LogP contribution in [0.25, 0.3) is 0 Å². The molecule has 0 aliphatic carbocycles. The van der Waals surface area contributed by atoms with E-state index in [0.717, 1.165) is 5.56 Å². The normalized spacial score (nSPS) is 13.0. The van der Waals surface area contributed by atoms with Crippen molar-refractivity contribution in [1.82, 2.24) is 25.0 Å². The molecular formula is C15H13N5O3. The summed E-state index contributed by atoms with van der Waals surface area (Å²) in [7, 11) is 0. The fourth-order valence-corrected chi connectivity index (χ4v) is 2.46. The molecule has 0 bridgehead atoms. The van der Waals surface area contributed by atoms with Gasteiger partial charge >= 0.3 is 0 Å². The Kier molecular flexibility index (Phi) is 3.26. The van der Waals surface area contributed by atoms with Gasteiger partial charge in [0.15, 0.2) is 12.4 Å². The highest BCUT2D eigenvalue weighted by Crippen LogP contribution is 2.26. The largest absolute Gasteiger partial charge is 0.483 e. The number of carbonyl (C=O) groups is 1. The third kappa shape index (κ3) is 2.66. The predicted octanol–water partition coefficient (Wildman–Crippen LogP) is 1.14. The predicted molar refractivity (Wildman–Crippen MR) is 77.6 cm³/mol. The van der Waals surface area contributed by atoms with Crippen molar-refractivity contribution in [2.24, 2.45) is 0 Å². The summed E-state index contributed by atoms with van der Waals surface area (Å²) >= 11 is 0. The number of benzene rings is 1. The molecule has 1 aliphatic rings. The van der Waals surface area contributed by atoms with Gasteiger partial charge in [-0.2, -0.15) is 4.98 Å². The summed E-state index contributed by atoms with van der Waals surface area (Å²) in [6.07, 6.45) is 5.20. The second kappa shape index (κ2) is 5.56. The molecule has 8 nitrogen and oxygen atoms in total. The van der Waals surface area contributed by atoms with E-state index in [4.69, 9.17) is 9.26 Å². The number of rotatable bonds is 5. The fourth-order valence-electron chi connectivity index (χ4n) is 2.46. The van der Waals surface area contributed by atoms with Gasteiger partial charge in [-0.05, 0) is 12.1 Å². The standard InChI is InChI=1S/C15H13N5O3/c21-15-10-2-1-3-12(11(10)6-17-15)22-8-14-18-13(19-23-14)7-20-5-4-16-9-20/h1-5,9H,6-8H2,(H,17,21). The molecule has 0 radical (unpaired) electrons. The summed E-state index contributed by atoms with van der Waals surface area (Å²) < 4.78 is 12.7. The maximum Gasteiger partial charge on any atom is 0.264 e. The Labute approximate surface area is 131 Å². The first-order chi connectivity index (χ1) is 11.3. The van der Waals surface area contributed by atoms with Gasteiger partial charge in [-0.25, -0.2) is 4.98 Å². The van der Waals surface area contributed by atoms with Gasteiger partial charge < -0.3 is 19.1 Å². The third-order valence-corrected chi connectivity index (χ3v) is 3.55. The molecule has 8 heteroatoms. The van der Waals surface area contributed by atoms with Gasteiger partial charge in [0.1, 0.15) is 5.75 Å². The maximum absolute atomic E-state index is 11.6. The van der Waals surface area contributed by atoms with Gasteiger partial charge in [-0.15, -0.1) is 0 Å². The average molecular weight is 311 g/mol. The Hall–Kier alpha value is -3.16. The van der Waals surface area contributed by atoms with Gasteiger partial charge in [-0.1, -0.05) is 11.2 Å². The Morgan fingerprint density at radius 2 is 2.35 bits per heavy atom. The summed E-state index contributed by atoms with van der Waals surface area (Å²) in [4.78, 5) is 19.9. The van der Waals surface area contributed by atoms with Crippen molar-refractivity contribution in [3.63, 3.8) is 0 Å². The summed E-state index contributed by atoms with van der Waals surface area (Å²) in [5.74, 6) is 1.51. The lowest BCUT2D eigenvalue weighted by atomic mass is 10.1. The van der Waals surface area contributed by atoms with Crippen LogP contribution in [0.1, 0.15) is 27.6 Å². The molecule has 3 aromatic rings. The van der Waals surface area contributed by atoms with Gasteiger partial charge in [0, 0.05) is 30.1 Å². The second-order valence-corrected chi connectivity index (χ2v) is 5.09. The van der Waals surface area contributed by atoms with Crippen LogP contribution in [0.4, 0.5) is 0 Å². The minimum absolute atomic E-state index is 0.0779. The van der Waals surface area contributed by atoms with Gasteiger partial charge in [0.25, 0.3) is 11.8 Å². The van der Waals surface area contributed by atoms with Gasteiger partial charge in [0.05, 0.1) is 12.9 Å². The SMILES string of the molecule is O=C1NCc2c(OCc3nc(Cn4ccnc4)no3)cccc21. The van der Waals surface area contributed by atoms with Crippen LogP contribution < -0.4 is 10.1 Å². The highest BCUT2D eigenvalue weighted by molar-refractivity contribution is 5.99. The average Bonchev–Trinajstić information content (AvgIpc) is 3.29. The summed E-state index contributed by atoms with van der Waals surface area (Å²) in [5.41, 5.74) is 1.50. The van der Waals surface area contributed by atoms with E-state index in [9.17, 15) is 4.79 Å². The van der Waals surface area contributed by atoms with E-state index < -0.39 is 0 Å². The van der Waals surface area contributed by atoms with E-state index >= 15 is 0 Å². The zero-order valence-electron chi connectivity index (χ0n) is 12.1. The Bertz CT molecular complexity index is 841. The molecule has 1 aromatic carbocycles. The van der Waals surface area contributed by atoms with Crippen LogP contribution in [-0.2, 0) is 19.7 Å². The minimum Gasteiger partial charge on any atom is -0.483 e. The number of nitrogens with zero attached hydrogens (tertiary/aromatic N) is 4. The van der Waals surface area contributed by atoms with Crippen LogP contribution in [0.2, 0.25) is 0 Å². The van der Waals surface area contributed by atoms with E-state index in [1.807, 2.05) is 16.8 Å². The number of aromatic nitrogens is 4. The topological polar surface area (TPSA) is 95.1 Å². The van der Waals surface area contributed by atoms with Crippen LogP contribution >= 0.6 is 0 Å². The molecule has 0 atom stereocenters. The number of fused-ring (bicyclic) bond motifs is 1. The van der Waals surface area contributed by atoms with Gasteiger partial charge in [0.2, 0.25) is 0 Å². The molecule has 0 saturated carbocycles. The lowest BCUT2D eigenvalue weighted by molar-refractivity contribution is 0.0965. The number of carbonyl (C=O) groups excluding carboxylic acids is 1. The van der Waals surface area contributed by atoms with Crippen molar-refractivity contribution in [3.8, 4) is 5.75 Å². The van der Waals surface area contributed by atoms with Crippen LogP contribution in [-0.4, -0.2) is 25.6 Å². The lowest BCUT2D eigenvalue weighted by Crippen LogP contribution is -2.12. The second-order valence-electron chi connectivity index (χ2n) is 5.09. The van der Waals surface area contributed by atoms with E-state index in [1.54, 1.807) is 24.7 Å². The van der Waals surface area contributed by atoms with Gasteiger partial charge in [-0.3, -0.25) is 4.79 Å². The van der Waals surface area contributed by atoms with Crippen LogP contribution in [0, 0.1) is 0 Å². The molecule has 1 amide bonds. The van der Waals surface area contributed by atoms with E-state index in [2.05, 4.69) is 20.4 Å². The number of amides is 1. The number of nitrogens with one attached hydrogen (secondary N) is 1. The third-order valence-electron chi connectivity index (χ3n) is 3.55. The molecule has 23 heavy (non-hydrogen) atoms. The molecule has 0 fully saturated rings. The zero-order valence-corrected chi connectivity index (χ0v) is 12.1. The molecule has 0 unspecified atom stereocenters. The van der Waals surface area contributed by atoms with Crippen molar-refractivity contribution in [2.75, 3.05) is 0 Å². The number of hydrogen-bond acceptors (Lipinski definition) is 6. The monoisotopic (exact) mass is 311 g/mol. The zero-order chi connectivity index (χ0) is 15.6. The first-order valence-corrected chi connectivity index (χ1v) is 7.10. The number of imidazole rings is 1. The molecule has 1 aliphatic heterocycles. The Balaban J connectivity index is 1.44. The van der Waals surface area contributed by atoms with Crippen molar-refractivity contribution in [1.29, 1.82) is 0 Å². The molecule has 0 spiro atoms. The molecule has 1 N–H and O–H groups in total. The summed E-state index contributed by atoms with van der Waals surface area (Å²) in [6, 6.07) is 5.39. The number of hydrogen-bond donors (Lipinski definition) is 1. The molecule has 0 saturated heterocycles. The van der Waals surface area contributed by atoms with Crippen LogP contribution in [0.15, 0.2) is 41.4 Å². The molecule has 3 heterocycles. The quantitative estimate of drug-likeness (QED) is 0.759. The summed E-state index contributed by atoms with van der Waals surface area (Å²) in [6.45, 7) is 1.12.